The van der Waals surface area contributed by atoms with Crippen LogP contribution in [0.2, 0.25) is 0 Å². The molecule has 0 N–H and O–H groups in total. The van der Waals surface area contributed by atoms with Crippen molar-refractivity contribution >= 4 is 11.3 Å². The average Bonchev–Trinajstić information content (AvgIpc) is 2.85. The van der Waals surface area contributed by atoms with Gasteiger partial charge < -0.3 is 0 Å². The lowest BCUT2D eigenvalue weighted by atomic mass is 10.1. The van der Waals surface area contributed by atoms with Crippen molar-refractivity contribution in [2.24, 2.45) is 0 Å². The summed E-state index contributed by atoms with van der Waals surface area (Å²) in [5.41, 5.74) is 3.46. The van der Waals surface area contributed by atoms with Crippen LogP contribution < -0.4 is 0 Å². The molecule has 2 rings (SSSR count). The van der Waals surface area contributed by atoms with Crippen LogP contribution in [0.4, 0.5) is 0 Å². The van der Waals surface area contributed by atoms with E-state index >= 15 is 0 Å². The van der Waals surface area contributed by atoms with E-state index in [1.807, 2.05) is 13.8 Å². The fourth-order valence-corrected chi connectivity index (χ4v) is 1.99. The van der Waals surface area contributed by atoms with E-state index in [0.29, 0.717) is 5.92 Å². The van der Waals surface area contributed by atoms with E-state index in [1.54, 1.807) is 11.3 Å². The Balaban J connectivity index is 0.000000606. The van der Waals surface area contributed by atoms with Gasteiger partial charge in [0.15, 0.2) is 0 Å². The van der Waals surface area contributed by atoms with Gasteiger partial charge in [-0.2, -0.15) is 11.3 Å². The lowest BCUT2D eigenvalue weighted by Gasteiger charge is -2.05. The maximum Gasteiger partial charge on any atom is 0.0713 e. The minimum absolute atomic E-state index is 0.494. The molecule has 86 valence electrons. The molecule has 2 heteroatoms. The fraction of sp³-hybridized carbons (Fsp3) is 0.357. The molecule has 0 unspecified atom stereocenters. The molecule has 2 aromatic heterocycles. The van der Waals surface area contributed by atoms with E-state index in [4.69, 9.17) is 0 Å². The Morgan fingerprint density at radius 2 is 1.88 bits per heavy atom. The molecule has 0 saturated carbocycles. The second-order valence-electron chi connectivity index (χ2n) is 3.61. The summed E-state index contributed by atoms with van der Waals surface area (Å²) in [6.07, 6.45) is 0. The van der Waals surface area contributed by atoms with Gasteiger partial charge in [-0.15, -0.1) is 0 Å². The molecule has 0 aromatic carbocycles. The zero-order valence-corrected chi connectivity index (χ0v) is 11.2. The average molecular weight is 233 g/mol. The van der Waals surface area contributed by atoms with Gasteiger partial charge in [-0.25, -0.2) is 0 Å². The topological polar surface area (TPSA) is 12.9 Å². The molecule has 0 bridgehead atoms. The highest BCUT2D eigenvalue weighted by atomic mass is 32.1. The number of pyridine rings is 1. The number of rotatable bonds is 2. The SMILES string of the molecule is CC.CC(C)c1cccc(-c2ccsc2)n1. The summed E-state index contributed by atoms with van der Waals surface area (Å²) in [4.78, 5) is 4.62. The van der Waals surface area contributed by atoms with Gasteiger partial charge in [0.1, 0.15) is 0 Å². The third kappa shape index (κ3) is 3.17. The van der Waals surface area contributed by atoms with Crippen molar-refractivity contribution in [1.29, 1.82) is 0 Å². The summed E-state index contributed by atoms with van der Waals surface area (Å²) < 4.78 is 0. The third-order valence-electron chi connectivity index (χ3n) is 2.18. The van der Waals surface area contributed by atoms with Gasteiger partial charge in [0.25, 0.3) is 0 Å². The molecular weight excluding hydrogens is 214 g/mol. The first-order valence-corrected chi connectivity index (χ1v) is 6.71. The van der Waals surface area contributed by atoms with Gasteiger partial charge in [-0.3, -0.25) is 4.98 Å². The second kappa shape index (κ2) is 6.44. The molecule has 0 aliphatic rings. The van der Waals surface area contributed by atoms with Gasteiger partial charge >= 0.3 is 0 Å². The van der Waals surface area contributed by atoms with E-state index in [2.05, 4.69) is 53.9 Å². The van der Waals surface area contributed by atoms with Crippen LogP contribution >= 0.6 is 11.3 Å². The molecule has 0 atom stereocenters. The summed E-state index contributed by atoms with van der Waals surface area (Å²) in [5.74, 6) is 0.494. The van der Waals surface area contributed by atoms with Crippen molar-refractivity contribution in [2.75, 3.05) is 0 Å². The molecule has 2 heterocycles. The summed E-state index contributed by atoms with van der Waals surface area (Å²) >= 11 is 1.71. The molecule has 0 spiro atoms. The van der Waals surface area contributed by atoms with Crippen LogP contribution in [0.5, 0.6) is 0 Å². The predicted octanol–water partition coefficient (Wildman–Crippen LogP) is 4.96. The van der Waals surface area contributed by atoms with E-state index in [0.717, 1.165) is 11.4 Å². The minimum Gasteiger partial charge on any atom is -0.253 e. The van der Waals surface area contributed by atoms with Crippen molar-refractivity contribution < 1.29 is 0 Å². The Morgan fingerprint density at radius 1 is 1.12 bits per heavy atom. The maximum atomic E-state index is 4.62. The van der Waals surface area contributed by atoms with E-state index in [1.165, 1.54) is 5.56 Å². The van der Waals surface area contributed by atoms with E-state index < -0.39 is 0 Å². The number of hydrogen-bond acceptors (Lipinski definition) is 2. The molecule has 2 aromatic rings. The summed E-state index contributed by atoms with van der Waals surface area (Å²) in [7, 11) is 0. The van der Waals surface area contributed by atoms with Crippen molar-refractivity contribution in [1.82, 2.24) is 4.98 Å². The van der Waals surface area contributed by atoms with Gasteiger partial charge in [0.05, 0.1) is 5.69 Å². The Hall–Kier alpha value is -1.15. The lowest BCUT2D eigenvalue weighted by Crippen LogP contribution is -1.93. The second-order valence-corrected chi connectivity index (χ2v) is 4.39. The van der Waals surface area contributed by atoms with Crippen LogP contribution in [0.1, 0.15) is 39.3 Å². The summed E-state index contributed by atoms with van der Waals surface area (Å²) in [6.45, 7) is 8.33. The predicted molar refractivity (Wildman–Crippen MR) is 73.0 cm³/mol. The van der Waals surface area contributed by atoms with E-state index in [9.17, 15) is 0 Å². The van der Waals surface area contributed by atoms with Crippen LogP contribution in [-0.4, -0.2) is 4.98 Å². The molecule has 0 aliphatic heterocycles. The Bertz CT molecular complexity index is 404. The lowest BCUT2D eigenvalue weighted by molar-refractivity contribution is 0.824. The normalized spacial score (nSPS) is 9.81. The molecule has 0 fully saturated rings. The summed E-state index contributed by atoms with van der Waals surface area (Å²) in [5, 5.41) is 4.21. The summed E-state index contributed by atoms with van der Waals surface area (Å²) in [6, 6.07) is 8.33. The van der Waals surface area contributed by atoms with Crippen LogP contribution in [0.15, 0.2) is 35.0 Å². The van der Waals surface area contributed by atoms with Gasteiger partial charge in [0, 0.05) is 16.6 Å². The largest absolute Gasteiger partial charge is 0.253 e. The van der Waals surface area contributed by atoms with Gasteiger partial charge in [-0.1, -0.05) is 33.8 Å². The monoisotopic (exact) mass is 233 g/mol. The fourth-order valence-electron chi connectivity index (χ4n) is 1.34. The molecule has 0 aliphatic carbocycles. The standard InChI is InChI=1S/C12H13NS.C2H6/c1-9(2)11-4-3-5-12(13-11)10-6-7-14-8-10;1-2/h3-9H,1-2H3;1-2H3. The van der Waals surface area contributed by atoms with Crippen molar-refractivity contribution in [3.05, 3.63) is 40.7 Å². The number of hydrogen-bond donors (Lipinski definition) is 0. The molecule has 0 radical (unpaired) electrons. The Kier molecular flexibility index (Phi) is 5.20. The maximum absolute atomic E-state index is 4.62. The van der Waals surface area contributed by atoms with Crippen molar-refractivity contribution in [3.63, 3.8) is 0 Å². The molecule has 0 amide bonds. The van der Waals surface area contributed by atoms with E-state index in [-0.39, 0.29) is 0 Å². The number of nitrogens with zero attached hydrogens (tertiary/aromatic N) is 1. The highest BCUT2D eigenvalue weighted by Gasteiger charge is 2.03. The third-order valence-corrected chi connectivity index (χ3v) is 2.86. The van der Waals surface area contributed by atoms with Crippen molar-refractivity contribution in [3.8, 4) is 11.3 Å². The minimum atomic E-state index is 0.494. The van der Waals surface area contributed by atoms with Crippen molar-refractivity contribution in [2.45, 2.75) is 33.6 Å². The van der Waals surface area contributed by atoms with Crippen LogP contribution in [0.25, 0.3) is 11.3 Å². The van der Waals surface area contributed by atoms with Crippen LogP contribution in [0.3, 0.4) is 0 Å². The number of thiophene rings is 1. The molecule has 1 nitrogen and oxygen atoms in total. The van der Waals surface area contributed by atoms with Gasteiger partial charge in [-0.05, 0) is 29.5 Å². The smallest absolute Gasteiger partial charge is 0.0713 e. The first-order chi connectivity index (χ1) is 7.77. The highest BCUT2D eigenvalue weighted by molar-refractivity contribution is 7.08. The molecular formula is C14H19NS. The molecule has 0 saturated heterocycles. The highest BCUT2D eigenvalue weighted by Crippen LogP contribution is 2.22. The number of aromatic nitrogens is 1. The molecule has 16 heavy (non-hydrogen) atoms. The first-order valence-electron chi connectivity index (χ1n) is 5.77. The van der Waals surface area contributed by atoms with Crippen LogP contribution in [-0.2, 0) is 0 Å². The van der Waals surface area contributed by atoms with Gasteiger partial charge in [0.2, 0.25) is 0 Å². The first kappa shape index (κ1) is 12.9. The zero-order valence-electron chi connectivity index (χ0n) is 10.4. The Labute approximate surface area is 102 Å². The Morgan fingerprint density at radius 3 is 2.44 bits per heavy atom. The van der Waals surface area contributed by atoms with Crippen LogP contribution in [0, 0.1) is 0 Å². The zero-order chi connectivity index (χ0) is 12.0. The quantitative estimate of drug-likeness (QED) is 0.714.